The first-order valence-electron chi connectivity index (χ1n) is 16.5. The van der Waals surface area contributed by atoms with Crippen LogP contribution in [0.4, 0.5) is 0 Å². The van der Waals surface area contributed by atoms with Crippen molar-refractivity contribution in [3.05, 3.63) is 176 Å². The van der Waals surface area contributed by atoms with Crippen molar-refractivity contribution in [2.45, 2.75) is 6.92 Å². The molecular weight excluding hydrogens is 613 g/mol. The molecule has 6 aromatic carbocycles. The maximum atomic E-state index is 4.88. The van der Waals surface area contributed by atoms with E-state index in [1.165, 1.54) is 10.8 Å². The zero-order chi connectivity index (χ0) is 33.9. The van der Waals surface area contributed by atoms with Crippen molar-refractivity contribution in [1.82, 2.24) is 29.9 Å². The van der Waals surface area contributed by atoms with Crippen LogP contribution in [-0.2, 0) is 0 Å². The summed E-state index contributed by atoms with van der Waals surface area (Å²) < 4.78 is 1.87. The highest BCUT2D eigenvalue weighted by atomic mass is 15.4. The van der Waals surface area contributed by atoms with Crippen molar-refractivity contribution in [2.24, 2.45) is 0 Å². The van der Waals surface area contributed by atoms with Crippen LogP contribution >= 0.6 is 0 Å². The minimum Gasteiger partial charge on any atom is -0.213 e. The van der Waals surface area contributed by atoms with Crippen molar-refractivity contribution in [3.8, 4) is 50.7 Å². The van der Waals surface area contributed by atoms with E-state index in [0.29, 0.717) is 17.5 Å². The molecule has 6 heteroatoms. The Balaban J connectivity index is 1.10. The summed E-state index contributed by atoms with van der Waals surface area (Å²) in [6, 6.07) is 48.1. The monoisotopic (exact) mass is 644 g/mol. The molecule has 0 radical (unpaired) electrons. The lowest BCUT2D eigenvalue weighted by molar-refractivity contribution is 0.824. The molecule has 0 atom stereocenters. The second-order valence-corrected chi connectivity index (χ2v) is 11.9. The van der Waals surface area contributed by atoms with Crippen molar-refractivity contribution in [3.63, 3.8) is 0 Å². The van der Waals surface area contributed by atoms with Crippen LogP contribution in [-0.4, -0.2) is 29.9 Å². The average Bonchev–Trinajstić information content (AvgIpc) is 3.62. The van der Waals surface area contributed by atoms with Crippen molar-refractivity contribution >= 4 is 27.4 Å². The van der Waals surface area contributed by atoms with Gasteiger partial charge in [0.1, 0.15) is 5.52 Å². The van der Waals surface area contributed by atoms with E-state index in [1.54, 1.807) is 6.08 Å². The molecule has 0 unspecified atom stereocenters. The zero-order valence-corrected chi connectivity index (χ0v) is 27.5. The quantitative estimate of drug-likeness (QED) is 0.154. The number of allylic oxidation sites excluding steroid dienone is 5. The molecule has 0 bridgehead atoms. The minimum atomic E-state index is 0.600. The molecule has 6 nitrogen and oxygen atoms in total. The van der Waals surface area contributed by atoms with Gasteiger partial charge in [-0.3, -0.25) is 0 Å². The van der Waals surface area contributed by atoms with Crippen LogP contribution in [0.2, 0.25) is 0 Å². The van der Waals surface area contributed by atoms with E-state index in [9.17, 15) is 0 Å². The molecule has 0 N–H and O–H groups in total. The van der Waals surface area contributed by atoms with Crippen LogP contribution < -0.4 is 0 Å². The third kappa shape index (κ3) is 6.02. The summed E-state index contributed by atoms with van der Waals surface area (Å²) in [5, 5.41) is 11.0. The maximum absolute atomic E-state index is 4.88. The van der Waals surface area contributed by atoms with Gasteiger partial charge in [0.05, 0.1) is 11.2 Å². The summed E-state index contributed by atoms with van der Waals surface area (Å²) in [6.45, 7) is 5.86. The first kappa shape index (κ1) is 30.5. The molecule has 0 fully saturated rings. The Morgan fingerprint density at radius 1 is 0.580 bits per heavy atom. The molecule has 8 aromatic rings. The van der Waals surface area contributed by atoms with E-state index in [2.05, 4.69) is 102 Å². The van der Waals surface area contributed by atoms with Gasteiger partial charge >= 0.3 is 0 Å². The number of benzene rings is 6. The molecule has 50 heavy (non-hydrogen) atoms. The molecule has 0 aliphatic heterocycles. The highest BCUT2D eigenvalue weighted by molar-refractivity contribution is 5.91. The molecule has 238 valence electrons. The summed E-state index contributed by atoms with van der Waals surface area (Å²) in [5.41, 5.74) is 10.1. The second-order valence-electron chi connectivity index (χ2n) is 11.9. The normalized spacial score (nSPS) is 11.8. The molecule has 0 aliphatic carbocycles. The van der Waals surface area contributed by atoms with Gasteiger partial charge in [-0.2, -0.15) is 0 Å². The largest absolute Gasteiger partial charge is 0.213 e. The van der Waals surface area contributed by atoms with Gasteiger partial charge in [0.15, 0.2) is 17.5 Å². The van der Waals surface area contributed by atoms with E-state index >= 15 is 0 Å². The lowest BCUT2D eigenvalue weighted by atomic mass is 9.97. The second kappa shape index (κ2) is 13.4. The average molecular weight is 645 g/mol. The smallest absolute Gasteiger partial charge is 0.164 e. The summed E-state index contributed by atoms with van der Waals surface area (Å²) in [6.07, 6.45) is 7.62. The Labute approximate surface area is 290 Å². The molecule has 2 aromatic heterocycles. The van der Waals surface area contributed by atoms with Gasteiger partial charge in [0.2, 0.25) is 0 Å². The number of hydrogen-bond donors (Lipinski definition) is 0. The van der Waals surface area contributed by atoms with E-state index < -0.39 is 0 Å². The number of rotatable bonds is 8. The molecule has 2 heterocycles. The van der Waals surface area contributed by atoms with Gasteiger partial charge in [-0.05, 0) is 76.3 Å². The number of para-hydroxylation sites is 1. The van der Waals surface area contributed by atoms with Gasteiger partial charge in [-0.1, -0.05) is 139 Å². The maximum Gasteiger partial charge on any atom is 0.164 e. The van der Waals surface area contributed by atoms with Gasteiger partial charge in [0, 0.05) is 16.7 Å². The summed E-state index contributed by atoms with van der Waals surface area (Å²) >= 11 is 0. The third-order valence-corrected chi connectivity index (χ3v) is 8.68. The predicted molar refractivity (Wildman–Crippen MR) is 204 cm³/mol. The SMILES string of the molecule is C=C/C=C(\C=C/C)c1nc(-c2ccccc2)nc(-c2ccc(-c3ccc4ccc(-c5ccc(-n6nnc7ccccc76)cc5)cc4c3)cc2)n1. The Morgan fingerprint density at radius 2 is 1.16 bits per heavy atom. The van der Waals surface area contributed by atoms with Crippen LogP contribution in [0.1, 0.15) is 12.7 Å². The van der Waals surface area contributed by atoms with Crippen molar-refractivity contribution in [2.75, 3.05) is 0 Å². The van der Waals surface area contributed by atoms with Crippen molar-refractivity contribution in [1.29, 1.82) is 0 Å². The van der Waals surface area contributed by atoms with Crippen LogP contribution in [0, 0.1) is 0 Å². The molecule has 8 rings (SSSR count). The van der Waals surface area contributed by atoms with Crippen LogP contribution in [0.15, 0.2) is 170 Å². The molecule has 0 spiro atoms. The predicted octanol–water partition coefficient (Wildman–Crippen LogP) is 10.6. The molecule has 0 aliphatic rings. The molecular formula is C44H32N6. The number of fused-ring (bicyclic) bond motifs is 2. The fourth-order valence-electron chi connectivity index (χ4n) is 6.13. The molecule has 0 saturated heterocycles. The Kier molecular flexibility index (Phi) is 8.17. The molecule has 0 saturated carbocycles. The Morgan fingerprint density at radius 3 is 1.82 bits per heavy atom. The summed E-state index contributed by atoms with van der Waals surface area (Å²) in [7, 11) is 0. The summed E-state index contributed by atoms with van der Waals surface area (Å²) in [4.78, 5) is 14.6. The fourth-order valence-corrected chi connectivity index (χ4v) is 6.13. The standard InChI is InChI=1S/C44H32N6/c1-3-10-33(11-4-2)42-45-43(34-12-6-5-7-13-34)47-44(46-42)35-20-16-30(17-21-35)36-22-18-32-19-23-37(29-38(32)28-36)31-24-26-39(27-25-31)50-41-15-9-8-14-40(41)48-49-50/h3-29H,1H2,2H3/b11-4-,33-10+. The Hall–Kier alpha value is -6.79. The highest BCUT2D eigenvalue weighted by Gasteiger charge is 2.13. The number of nitrogens with zero attached hydrogens (tertiary/aromatic N) is 6. The van der Waals surface area contributed by atoms with E-state index in [4.69, 9.17) is 15.0 Å². The van der Waals surface area contributed by atoms with Crippen LogP contribution in [0.5, 0.6) is 0 Å². The first-order chi connectivity index (χ1) is 24.7. The Bertz CT molecular complexity index is 2540. The van der Waals surface area contributed by atoms with E-state index in [1.807, 2.05) is 84.4 Å². The number of hydrogen-bond acceptors (Lipinski definition) is 5. The first-order valence-corrected chi connectivity index (χ1v) is 16.5. The van der Waals surface area contributed by atoms with Crippen LogP contribution in [0.3, 0.4) is 0 Å². The van der Waals surface area contributed by atoms with Gasteiger partial charge in [-0.25, -0.2) is 19.6 Å². The third-order valence-electron chi connectivity index (χ3n) is 8.68. The van der Waals surface area contributed by atoms with E-state index in [0.717, 1.165) is 55.7 Å². The molecule has 0 amide bonds. The van der Waals surface area contributed by atoms with Gasteiger partial charge in [0.25, 0.3) is 0 Å². The topological polar surface area (TPSA) is 69.4 Å². The van der Waals surface area contributed by atoms with Gasteiger partial charge in [-0.15, -0.1) is 5.10 Å². The number of aromatic nitrogens is 6. The lowest BCUT2D eigenvalue weighted by Gasteiger charge is -2.10. The fraction of sp³-hybridized carbons (Fsp3) is 0.0227. The minimum absolute atomic E-state index is 0.600. The summed E-state index contributed by atoms with van der Waals surface area (Å²) in [5.74, 6) is 1.84. The van der Waals surface area contributed by atoms with Gasteiger partial charge < -0.3 is 0 Å². The van der Waals surface area contributed by atoms with Crippen LogP contribution in [0.25, 0.3) is 78.1 Å². The zero-order valence-electron chi connectivity index (χ0n) is 27.5. The highest BCUT2D eigenvalue weighted by Crippen LogP contribution is 2.31. The lowest BCUT2D eigenvalue weighted by Crippen LogP contribution is -2.02. The van der Waals surface area contributed by atoms with Crippen molar-refractivity contribution < 1.29 is 0 Å². The van der Waals surface area contributed by atoms with E-state index in [-0.39, 0.29) is 0 Å².